The van der Waals surface area contributed by atoms with Crippen LogP contribution < -0.4 is 10.0 Å². The zero-order valence-corrected chi connectivity index (χ0v) is 16.0. The number of amides is 1. The van der Waals surface area contributed by atoms with Gasteiger partial charge in [0.2, 0.25) is 0 Å². The third-order valence-corrected chi connectivity index (χ3v) is 5.60. The number of piperazine rings is 1. The second kappa shape index (κ2) is 8.53. The molecule has 1 aliphatic heterocycles. The van der Waals surface area contributed by atoms with Crippen LogP contribution in [0.5, 0.6) is 0 Å². The first kappa shape index (κ1) is 20.2. The molecule has 1 atom stereocenters. The number of hydrogen-bond acceptors (Lipinski definition) is 4. The monoisotopic (exact) mass is 395 g/mol. The van der Waals surface area contributed by atoms with Crippen LogP contribution in [-0.4, -0.2) is 44.9 Å². The van der Waals surface area contributed by atoms with Crippen LogP contribution in [-0.2, 0) is 10.0 Å². The lowest BCUT2D eigenvalue weighted by atomic mass is 10.1. The van der Waals surface area contributed by atoms with Crippen LogP contribution in [0, 0.1) is 0 Å². The van der Waals surface area contributed by atoms with Crippen LogP contribution in [0.25, 0.3) is 0 Å². The number of benzene rings is 2. The van der Waals surface area contributed by atoms with Crippen LogP contribution in [0.2, 0.25) is 0 Å². The minimum atomic E-state index is -3.68. The fourth-order valence-corrected chi connectivity index (χ4v) is 3.86. The van der Waals surface area contributed by atoms with E-state index in [0.29, 0.717) is 17.8 Å². The highest BCUT2D eigenvalue weighted by atomic mass is 35.5. The van der Waals surface area contributed by atoms with E-state index in [-0.39, 0.29) is 29.3 Å². The number of nitrogens with one attached hydrogen (secondary N) is 2. The Hall–Kier alpha value is -2.09. The summed E-state index contributed by atoms with van der Waals surface area (Å²) in [7, 11) is -3.68. The SMILES string of the molecule is CC1CNCCN1C(=O)c1ccc(S(=O)(=O)Nc2ccccc2)cc1.Cl. The summed E-state index contributed by atoms with van der Waals surface area (Å²) >= 11 is 0. The van der Waals surface area contributed by atoms with Crippen molar-refractivity contribution in [2.75, 3.05) is 24.4 Å². The van der Waals surface area contributed by atoms with Gasteiger partial charge in [0.1, 0.15) is 0 Å². The Bertz CT molecular complexity index is 842. The molecule has 1 unspecified atom stereocenters. The summed E-state index contributed by atoms with van der Waals surface area (Å²) < 4.78 is 27.4. The van der Waals surface area contributed by atoms with E-state index in [9.17, 15) is 13.2 Å². The van der Waals surface area contributed by atoms with Gasteiger partial charge in [-0.05, 0) is 43.3 Å². The van der Waals surface area contributed by atoms with Crippen molar-refractivity contribution in [3.8, 4) is 0 Å². The average Bonchev–Trinajstić information content (AvgIpc) is 2.62. The molecule has 1 amide bonds. The summed E-state index contributed by atoms with van der Waals surface area (Å²) in [6.45, 7) is 4.17. The predicted octanol–water partition coefficient (Wildman–Crippen LogP) is 2.34. The molecule has 2 aromatic carbocycles. The van der Waals surface area contributed by atoms with E-state index >= 15 is 0 Å². The van der Waals surface area contributed by atoms with Crippen LogP contribution in [0.4, 0.5) is 5.69 Å². The molecule has 0 aromatic heterocycles. The molecule has 0 aliphatic carbocycles. The Morgan fingerprint density at radius 3 is 2.38 bits per heavy atom. The van der Waals surface area contributed by atoms with E-state index in [2.05, 4.69) is 10.0 Å². The second-order valence-corrected chi connectivity index (χ2v) is 7.73. The summed E-state index contributed by atoms with van der Waals surface area (Å²) in [4.78, 5) is 14.5. The highest BCUT2D eigenvalue weighted by Crippen LogP contribution is 2.18. The minimum absolute atomic E-state index is 0. The van der Waals surface area contributed by atoms with Gasteiger partial charge in [-0.15, -0.1) is 12.4 Å². The fraction of sp³-hybridized carbons (Fsp3) is 0.278. The number of para-hydroxylation sites is 1. The molecule has 1 saturated heterocycles. The maximum absolute atomic E-state index is 12.6. The van der Waals surface area contributed by atoms with Gasteiger partial charge in [0, 0.05) is 36.9 Å². The van der Waals surface area contributed by atoms with Gasteiger partial charge in [-0.25, -0.2) is 8.42 Å². The fourth-order valence-electron chi connectivity index (χ4n) is 2.81. The lowest BCUT2D eigenvalue weighted by molar-refractivity contribution is 0.0655. The molecule has 140 valence electrons. The van der Waals surface area contributed by atoms with E-state index in [1.54, 1.807) is 36.4 Å². The maximum atomic E-state index is 12.6. The smallest absolute Gasteiger partial charge is 0.261 e. The van der Waals surface area contributed by atoms with Gasteiger partial charge in [-0.1, -0.05) is 18.2 Å². The first-order valence-corrected chi connectivity index (χ1v) is 9.65. The lowest BCUT2D eigenvalue weighted by Crippen LogP contribution is -2.52. The molecule has 0 radical (unpaired) electrons. The van der Waals surface area contributed by atoms with Crippen molar-refractivity contribution in [1.29, 1.82) is 0 Å². The quantitative estimate of drug-likeness (QED) is 0.832. The number of carbonyl (C=O) groups excluding carboxylic acids is 1. The highest BCUT2D eigenvalue weighted by molar-refractivity contribution is 7.92. The zero-order valence-electron chi connectivity index (χ0n) is 14.4. The van der Waals surface area contributed by atoms with Crippen molar-refractivity contribution in [3.05, 3.63) is 60.2 Å². The Balaban J connectivity index is 0.00000243. The molecule has 6 nitrogen and oxygen atoms in total. The molecular weight excluding hydrogens is 374 g/mol. The highest BCUT2D eigenvalue weighted by Gasteiger charge is 2.24. The topological polar surface area (TPSA) is 78.5 Å². The van der Waals surface area contributed by atoms with Crippen molar-refractivity contribution >= 4 is 34.0 Å². The molecule has 2 aromatic rings. The van der Waals surface area contributed by atoms with Crippen LogP contribution in [0.1, 0.15) is 17.3 Å². The molecule has 1 fully saturated rings. The van der Waals surface area contributed by atoms with Gasteiger partial charge >= 0.3 is 0 Å². The summed E-state index contributed by atoms with van der Waals surface area (Å²) in [5.41, 5.74) is 0.990. The maximum Gasteiger partial charge on any atom is 0.261 e. The molecule has 3 rings (SSSR count). The predicted molar refractivity (Wildman–Crippen MR) is 104 cm³/mol. The van der Waals surface area contributed by atoms with Crippen molar-refractivity contribution in [2.24, 2.45) is 0 Å². The molecule has 0 bridgehead atoms. The number of rotatable bonds is 4. The van der Waals surface area contributed by atoms with E-state index in [1.807, 2.05) is 17.9 Å². The van der Waals surface area contributed by atoms with E-state index in [0.717, 1.165) is 13.1 Å². The molecular formula is C18H22ClN3O3S. The largest absolute Gasteiger partial charge is 0.333 e. The molecule has 1 aliphatic rings. The summed E-state index contributed by atoms with van der Waals surface area (Å²) in [6.07, 6.45) is 0. The van der Waals surface area contributed by atoms with Crippen molar-refractivity contribution in [3.63, 3.8) is 0 Å². The van der Waals surface area contributed by atoms with Gasteiger partial charge in [0.25, 0.3) is 15.9 Å². The van der Waals surface area contributed by atoms with Gasteiger partial charge in [-0.2, -0.15) is 0 Å². The molecule has 0 spiro atoms. The summed E-state index contributed by atoms with van der Waals surface area (Å²) in [6, 6.07) is 14.9. The summed E-state index contributed by atoms with van der Waals surface area (Å²) in [5, 5.41) is 3.24. The molecule has 8 heteroatoms. The van der Waals surface area contributed by atoms with Gasteiger partial charge in [-0.3, -0.25) is 9.52 Å². The van der Waals surface area contributed by atoms with Crippen molar-refractivity contribution in [1.82, 2.24) is 10.2 Å². The minimum Gasteiger partial charge on any atom is -0.333 e. The number of halogens is 1. The Morgan fingerprint density at radius 1 is 1.12 bits per heavy atom. The average molecular weight is 396 g/mol. The second-order valence-electron chi connectivity index (χ2n) is 6.05. The van der Waals surface area contributed by atoms with Gasteiger partial charge in [0.15, 0.2) is 0 Å². The van der Waals surface area contributed by atoms with Gasteiger partial charge < -0.3 is 10.2 Å². The first-order valence-electron chi connectivity index (χ1n) is 8.17. The standard InChI is InChI=1S/C18H21N3O3S.ClH/c1-14-13-19-11-12-21(14)18(22)15-7-9-17(10-8-15)25(23,24)20-16-5-3-2-4-6-16;/h2-10,14,19-20H,11-13H2,1H3;1H. The molecule has 0 saturated carbocycles. The summed E-state index contributed by atoms with van der Waals surface area (Å²) in [5.74, 6) is -0.0750. The number of anilines is 1. The van der Waals surface area contributed by atoms with Crippen molar-refractivity contribution < 1.29 is 13.2 Å². The van der Waals surface area contributed by atoms with E-state index in [4.69, 9.17) is 0 Å². The molecule has 1 heterocycles. The van der Waals surface area contributed by atoms with Crippen molar-refractivity contribution in [2.45, 2.75) is 17.9 Å². The van der Waals surface area contributed by atoms with Crippen LogP contribution in [0.15, 0.2) is 59.5 Å². The molecule has 26 heavy (non-hydrogen) atoms. The van der Waals surface area contributed by atoms with Crippen LogP contribution in [0.3, 0.4) is 0 Å². The van der Waals surface area contributed by atoms with Crippen LogP contribution >= 0.6 is 12.4 Å². The third-order valence-electron chi connectivity index (χ3n) is 4.20. The number of nitrogens with zero attached hydrogens (tertiary/aromatic N) is 1. The van der Waals surface area contributed by atoms with E-state index < -0.39 is 10.0 Å². The number of hydrogen-bond donors (Lipinski definition) is 2. The first-order chi connectivity index (χ1) is 12.0. The number of sulfonamides is 1. The Labute approximate surface area is 160 Å². The number of carbonyl (C=O) groups is 1. The zero-order chi connectivity index (χ0) is 17.9. The lowest BCUT2D eigenvalue weighted by Gasteiger charge is -2.34. The Kier molecular flexibility index (Phi) is 6.63. The van der Waals surface area contributed by atoms with E-state index in [1.165, 1.54) is 12.1 Å². The van der Waals surface area contributed by atoms with Gasteiger partial charge in [0.05, 0.1) is 4.90 Å². The normalized spacial score (nSPS) is 17.3. The Morgan fingerprint density at radius 2 is 1.77 bits per heavy atom. The molecule has 2 N–H and O–H groups in total. The third kappa shape index (κ3) is 4.55.